The van der Waals surface area contributed by atoms with Crippen molar-refractivity contribution in [2.24, 2.45) is 5.92 Å². The summed E-state index contributed by atoms with van der Waals surface area (Å²) in [4.78, 5) is 4.79. The SMILES string of the molecule is CC.CN(CC1CCN(c2ccc(N)cc2)CC1)c1ccc(N)cc1. The molecule has 1 fully saturated rings. The second-order valence-electron chi connectivity index (χ2n) is 6.49. The van der Waals surface area contributed by atoms with E-state index in [1.54, 1.807) is 0 Å². The molecule has 2 aromatic rings. The molecule has 0 spiro atoms. The molecule has 0 amide bonds. The van der Waals surface area contributed by atoms with Gasteiger partial charge in [-0.25, -0.2) is 0 Å². The molecule has 1 aliphatic heterocycles. The van der Waals surface area contributed by atoms with Crippen LogP contribution in [-0.2, 0) is 0 Å². The summed E-state index contributed by atoms with van der Waals surface area (Å²) in [6.07, 6.45) is 2.45. The fourth-order valence-corrected chi connectivity index (χ4v) is 3.28. The van der Waals surface area contributed by atoms with E-state index in [2.05, 4.69) is 41.1 Å². The van der Waals surface area contributed by atoms with Gasteiger partial charge in [-0.2, -0.15) is 0 Å². The highest BCUT2D eigenvalue weighted by Gasteiger charge is 2.20. The maximum atomic E-state index is 5.77. The summed E-state index contributed by atoms with van der Waals surface area (Å²) in [5, 5.41) is 0. The van der Waals surface area contributed by atoms with Gasteiger partial charge in [-0.1, -0.05) is 13.8 Å². The lowest BCUT2D eigenvalue weighted by Gasteiger charge is -2.35. The van der Waals surface area contributed by atoms with Crippen LogP contribution in [0.15, 0.2) is 48.5 Å². The highest BCUT2D eigenvalue weighted by Crippen LogP contribution is 2.26. The standard InChI is InChI=1S/C19H26N4.C2H6/c1-22(18-6-2-16(20)3-7-18)14-15-10-12-23(13-11-15)19-8-4-17(21)5-9-19;1-2/h2-9,15H,10-14,20-21H2,1H3;1-2H3. The van der Waals surface area contributed by atoms with Gasteiger partial charge >= 0.3 is 0 Å². The number of hydrogen-bond donors (Lipinski definition) is 2. The highest BCUT2D eigenvalue weighted by molar-refractivity contribution is 5.54. The van der Waals surface area contributed by atoms with Crippen LogP contribution < -0.4 is 21.3 Å². The Balaban J connectivity index is 0.00000109. The quantitative estimate of drug-likeness (QED) is 0.818. The lowest BCUT2D eigenvalue weighted by molar-refractivity contribution is 0.409. The molecule has 0 saturated carbocycles. The van der Waals surface area contributed by atoms with Gasteiger partial charge in [-0.3, -0.25) is 0 Å². The molecule has 4 heteroatoms. The Labute approximate surface area is 152 Å². The van der Waals surface area contributed by atoms with E-state index in [4.69, 9.17) is 11.5 Å². The number of anilines is 4. The number of rotatable bonds is 4. The second-order valence-corrected chi connectivity index (χ2v) is 6.49. The van der Waals surface area contributed by atoms with Gasteiger partial charge in [0.2, 0.25) is 0 Å². The van der Waals surface area contributed by atoms with E-state index in [9.17, 15) is 0 Å². The van der Waals surface area contributed by atoms with Crippen molar-refractivity contribution in [3.05, 3.63) is 48.5 Å². The monoisotopic (exact) mass is 340 g/mol. The lowest BCUT2D eigenvalue weighted by atomic mass is 9.95. The maximum Gasteiger partial charge on any atom is 0.0367 e. The Morgan fingerprint density at radius 1 is 0.880 bits per heavy atom. The van der Waals surface area contributed by atoms with Crippen molar-refractivity contribution in [1.29, 1.82) is 0 Å². The molecule has 0 radical (unpaired) electrons. The van der Waals surface area contributed by atoms with Crippen LogP contribution in [0.3, 0.4) is 0 Å². The van der Waals surface area contributed by atoms with Gasteiger partial charge in [-0.15, -0.1) is 0 Å². The van der Waals surface area contributed by atoms with Crippen LogP contribution >= 0.6 is 0 Å². The molecule has 1 heterocycles. The molecule has 25 heavy (non-hydrogen) atoms. The summed E-state index contributed by atoms with van der Waals surface area (Å²) in [5.41, 5.74) is 15.7. The summed E-state index contributed by atoms with van der Waals surface area (Å²) < 4.78 is 0. The molecule has 4 N–H and O–H groups in total. The van der Waals surface area contributed by atoms with Crippen LogP contribution in [0.5, 0.6) is 0 Å². The molecular weight excluding hydrogens is 308 g/mol. The molecule has 0 aromatic heterocycles. The van der Waals surface area contributed by atoms with Crippen LogP contribution in [0.1, 0.15) is 26.7 Å². The van der Waals surface area contributed by atoms with Crippen molar-refractivity contribution in [2.45, 2.75) is 26.7 Å². The summed E-state index contributed by atoms with van der Waals surface area (Å²) in [7, 11) is 2.16. The fraction of sp³-hybridized carbons (Fsp3) is 0.429. The number of nitrogens with two attached hydrogens (primary N) is 2. The Bertz CT molecular complexity index is 613. The highest BCUT2D eigenvalue weighted by atomic mass is 15.1. The van der Waals surface area contributed by atoms with Crippen molar-refractivity contribution >= 4 is 22.7 Å². The minimum Gasteiger partial charge on any atom is -0.399 e. The van der Waals surface area contributed by atoms with Crippen molar-refractivity contribution in [3.63, 3.8) is 0 Å². The van der Waals surface area contributed by atoms with Crippen molar-refractivity contribution in [3.8, 4) is 0 Å². The van der Waals surface area contributed by atoms with E-state index in [0.717, 1.165) is 36.9 Å². The Hall–Kier alpha value is -2.36. The first-order valence-electron chi connectivity index (χ1n) is 9.29. The minimum atomic E-state index is 0.739. The zero-order valence-electron chi connectivity index (χ0n) is 15.8. The third kappa shape index (κ3) is 5.31. The van der Waals surface area contributed by atoms with Crippen LogP contribution in [0.2, 0.25) is 0 Å². The van der Waals surface area contributed by atoms with Gasteiger partial charge in [0.25, 0.3) is 0 Å². The molecule has 1 aliphatic rings. The fourth-order valence-electron chi connectivity index (χ4n) is 3.28. The largest absolute Gasteiger partial charge is 0.399 e. The number of nitrogen functional groups attached to an aromatic ring is 2. The first kappa shape index (κ1) is 19.0. The molecule has 0 unspecified atom stereocenters. The Kier molecular flexibility index (Phi) is 6.99. The molecule has 0 bridgehead atoms. The van der Waals surface area contributed by atoms with Gasteiger partial charge in [0, 0.05) is 49.4 Å². The number of benzene rings is 2. The maximum absolute atomic E-state index is 5.77. The summed E-state index contributed by atoms with van der Waals surface area (Å²) >= 11 is 0. The van der Waals surface area contributed by atoms with E-state index >= 15 is 0 Å². The van der Waals surface area contributed by atoms with Crippen molar-refractivity contribution in [2.75, 3.05) is 47.9 Å². The topological polar surface area (TPSA) is 58.5 Å². The number of nitrogens with zero attached hydrogens (tertiary/aromatic N) is 2. The Morgan fingerprint density at radius 3 is 1.88 bits per heavy atom. The molecular formula is C21H32N4. The van der Waals surface area contributed by atoms with Gasteiger partial charge < -0.3 is 21.3 Å². The first-order valence-corrected chi connectivity index (χ1v) is 9.29. The predicted octanol–water partition coefficient (Wildman–Crippen LogP) is 4.23. The summed E-state index contributed by atoms with van der Waals surface area (Å²) in [5.74, 6) is 0.739. The zero-order valence-corrected chi connectivity index (χ0v) is 15.8. The predicted molar refractivity (Wildman–Crippen MR) is 111 cm³/mol. The average molecular weight is 341 g/mol. The van der Waals surface area contributed by atoms with Crippen LogP contribution in [-0.4, -0.2) is 26.7 Å². The molecule has 2 aromatic carbocycles. The van der Waals surface area contributed by atoms with Crippen molar-refractivity contribution in [1.82, 2.24) is 0 Å². The molecule has 136 valence electrons. The number of piperidine rings is 1. The van der Waals surface area contributed by atoms with Crippen LogP contribution in [0.4, 0.5) is 22.7 Å². The van der Waals surface area contributed by atoms with Crippen molar-refractivity contribution < 1.29 is 0 Å². The molecule has 0 aliphatic carbocycles. The summed E-state index contributed by atoms with van der Waals surface area (Å²) in [6, 6.07) is 16.3. The Morgan fingerprint density at radius 2 is 1.36 bits per heavy atom. The summed E-state index contributed by atoms with van der Waals surface area (Å²) in [6.45, 7) is 7.33. The van der Waals surface area contributed by atoms with Gasteiger partial charge in [0.1, 0.15) is 0 Å². The van der Waals surface area contributed by atoms with Gasteiger partial charge in [0.05, 0.1) is 0 Å². The van der Waals surface area contributed by atoms with E-state index in [-0.39, 0.29) is 0 Å². The number of hydrogen-bond acceptors (Lipinski definition) is 4. The third-order valence-corrected chi connectivity index (χ3v) is 4.74. The van der Waals surface area contributed by atoms with Crippen LogP contribution in [0.25, 0.3) is 0 Å². The third-order valence-electron chi connectivity index (χ3n) is 4.74. The zero-order chi connectivity index (χ0) is 18.2. The average Bonchev–Trinajstić information content (AvgIpc) is 2.65. The lowest BCUT2D eigenvalue weighted by Crippen LogP contribution is -2.37. The molecule has 4 nitrogen and oxygen atoms in total. The minimum absolute atomic E-state index is 0.739. The van der Waals surface area contributed by atoms with Gasteiger partial charge in [-0.05, 0) is 67.3 Å². The van der Waals surface area contributed by atoms with E-state index in [0.29, 0.717) is 0 Å². The van der Waals surface area contributed by atoms with Crippen LogP contribution in [0, 0.1) is 5.92 Å². The smallest absolute Gasteiger partial charge is 0.0367 e. The van der Waals surface area contributed by atoms with Gasteiger partial charge in [0.15, 0.2) is 0 Å². The first-order chi connectivity index (χ1) is 12.1. The second kappa shape index (κ2) is 9.21. The van der Waals surface area contributed by atoms with E-state index in [1.807, 2.05) is 38.1 Å². The molecule has 3 rings (SSSR count). The van der Waals surface area contributed by atoms with E-state index in [1.165, 1.54) is 24.2 Å². The normalized spacial score (nSPS) is 14.6. The van der Waals surface area contributed by atoms with E-state index < -0.39 is 0 Å². The molecule has 0 atom stereocenters. The molecule has 1 saturated heterocycles.